The number of rotatable bonds is 2. The number of carbonyl (C=O) groups excluding carboxylic acids is 1. The SMILES string of the molecule is Cc1ccc(NC(=O)N2CCC(c3c[nH]c4ccccc34)CC2)cc1. The van der Waals surface area contributed by atoms with Crippen LogP contribution in [0.4, 0.5) is 10.5 Å². The monoisotopic (exact) mass is 333 g/mol. The molecule has 128 valence electrons. The number of likely N-dealkylation sites (tertiary alicyclic amines) is 1. The summed E-state index contributed by atoms with van der Waals surface area (Å²) in [6.07, 6.45) is 4.14. The number of anilines is 1. The van der Waals surface area contributed by atoms with Crippen molar-refractivity contribution in [3.05, 3.63) is 65.9 Å². The summed E-state index contributed by atoms with van der Waals surface area (Å²) in [5.41, 5.74) is 4.62. The third-order valence-corrected chi connectivity index (χ3v) is 5.15. The molecular weight excluding hydrogens is 310 g/mol. The second-order valence-electron chi connectivity index (χ2n) is 6.85. The van der Waals surface area contributed by atoms with Crippen LogP contribution in [0.1, 0.15) is 29.9 Å². The summed E-state index contributed by atoms with van der Waals surface area (Å²) in [4.78, 5) is 17.8. The largest absolute Gasteiger partial charge is 0.361 e. The Labute approximate surface area is 147 Å². The van der Waals surface area contributed by atoms with Crippen LogP contribution in [-0.2, 0) is 0 Å². The Morgan fingerprint density at radius 2 is 1.80 bits per heavy atom. The average molecular weight is 333 g/mol. The summed E-state index contributed by atoms with van der Waals surface area (Å²) in [5.74, 6) is 0.513. The van der Waals surface area contributed by atoms with E-state index in [2.05, 4.69) is 40.8 Å². The fourth-order valence-electron chi connectivity index (χ4n) is 3.66. The fraction of sp³-hybridized carbons (Fsp3) is 0.286. The van der Waals surface area contributed by atoms with Crippen LogP contribution in [0.15, 0.2) is 54.7 Å². The van der Waals surface area contributed by atoms with Crippen LogP contribution in [0.5, 0.6) is 0 Å². The molecular formula is C21H23N3O. The van der Waals surface area contributed by atoms with Crippen molar-refractivity contribution >= 4 is 22.6 Å². The molecule has 4 nitrogen and oxygen atoms in total. The summed E-state index contributed by atoms with van der Waals surface area (Å²) in [5, 5.41) is 4.31. The van der Waals surface area contributed by atoms with Crippen molar-refractivity contribution in [1.29, 1.82) is 0 Å². The third kappa shape index (κ3) is 3.25. The van der Waals surface area contributed by atoms with Crippen molar-refractivity contribution in [3.8, 4) is 0 Å². The van der Waals surface area contributed by atoms with Gasteiger partial charge in [-0.15, -0.1) is 0 Å². The number of nitrogens with one attached hydrogen (secondary N) is 2. The van der Waals surface area contributed by atoms with E-state index in [-0.39, 0.29) is 6.03 Å². The molecule has 4 heteroatoms. The number of piperidine rings is 1. The number of aryl methyl sites for hydroxylation is 1. The summed E-state index contributed by atoms with van der Waals surface area (Å²) >= 11 is 0. The highest BCUT2D eigenvalue weighted by Crippen LogP contribution is 2.33. The first-order valence-corrected chi connectivity index (χ1v) is 8.89. The van der Waals surface area contributed by atoms with Gasteiger partial charge in [0, 0.05) is 35.9 Å². The normalized spacial score (nSPS) is 15.5. The molecule has 0 aliphatic carbocycles. The molecule has 1 fully saturated rings. The van der Waals surface area contributed by atoms with Crippen LogP contribution in [0.2, 0.25) is 0 Å². The van der Waals surface area contributed by atoms with Crippen LogP contribution in [0.3, 0.4) is 0 Å². The highest BCUT2D eigenvalue weighted by atomic mass is 16.2. The number of benzene rings is 2. The van der Waals surface area contributed by atoms with E-state index in [1.807, 2.05) is 36.1 Å². The van der Waals surface area contributed by atoms with Gasteiger partial charge in [0.05, 0.1) is 0 Å². The molecule has 0 unspecified atom stereocenters. The predicted molar refractivity (Wildman–Crippen MR) is 102 cm³/mol. The summed E-state index contributed by atoms with van der Waals surface area (Å²) in [6.45, 7) is 3.63. The molecule has 3 aromatic rings. The van der Waals surface area contributed by atoms with Crippen LogP contribution in [-0.4, -0.2) is 29.0 Å². The molecule has 2 amide bonds. The van der Waals surface area contributed by atoms with Crippen LogP contribution < -0.4 is 5.32 Å². The van der Waals surface area contributed by atoms with Gasteiger partial charge in [0.25, 0.3) is 0 Å². The average Bonchev–Trinajstić information content (AvgIpc) is 3.08. The van der Waals surface area contributed by atoms with E-state index in [9.17, 15) is 4.79 Å². The molecule has 25 heavy (non-hydrogen) atoms. The smallest absolute Gasteiger partial charge is 0.321 e. The topological polar surface area (TPSA) is 48.1 Å². The molecule has 0 atom stereocenters. The maximum atomic E-state index is 12.5. The highest BCUT2D eigenvalue weighted by molar-refractivity contribution is 5.89. The highest BCUT2D eigenvalue weighted by Gasteiger charge is 2.25. The van der Waals surface area contributed by atoms with E-state index >= 15 is 0 Å². The minimum Gasteiger partial charge on any atom is -0.361 e. The quantitative estimate of drug-likeness (QED) is 0.689. The number of urea groups is 1. The van der Waals surface area contributed by atoms with Crippen molar-refractivity contribution in [3.63, 3.8) is 0 Å². The Kier molecular flexibility index (Phi) is 4.18. The molecule has 0 radical (unpaired) electrons. The molecule has 1 saturated heterocycles. The molecule has 1 aliphatic rings. The first-order valence-electron chi connectivity index (χ1n) is 8.89. The van der Waals surface area contributed by atoms with Gasteiger partial charge in [-0.1, -0.05) is 35.9 Å². The van der Waals surface area contributed by atoms with Gasteiger partial charge in [0.15, 0.2) is 0 Å². The number of carbonyl (C=O) groups is 1. The second kappa shape index (κ2) is 6.63. The molecule has 0 spiro atoms. The number of amides is 2. The molecule has 1 aliphatic heterocycles. The fourth-order valence-corrected chi connectivity index (χ4v) is 3.66. The summed E-state index contributed by atoms with van der Waals surface area (Å²) in [6, 6.07) is 16.4. The minimum absolute atomic E-state index is 0.00114. The van der Waals surface area contributed by atoms with Gasteiger partial charge in [-0.25, -0.2) is 4.79 Å². The zero-order valence-electron chi connectivity index (χ0n) is 14.5. The van der Waals surface area contributed by atoms with Gasteiger partial charge in [0.2, 0.25) is 0 Å². The van der Waals surface area contributed by atoms with Crippen molar-refractivity contribution < 1.29 is 4.79 Å². The molecule has 0 bridgehead atoms. The predicted octanol–water partition coefficient (Wildman–Crippen LogP) is 4.89. The van der Waals surface area contributed by atoms with E-state index in [0.717, 1.165) is 31.6 Å². The Hall–Kier alpha value is -2.75. The molecule has 4 rings (SSSR count). The van der Waals surface area contributed by atoms with Gasteiger partial charge < -0.3 is 15.2 Å². The number of para-hydroxylation sites is 1. The van der Waals surface area contributed by atoms with Crippen molar-refractivity contribution in [1.82, 2.24) is 9.88 Å². The standard InChI is InChI=1S/C21H23N3O/c1-15-6-8-17(9-7-15)23-21(25)24-12-10-16(11-13-24)19-14-22-20-5-3-2-4-18(19)20/h2-9,14,16,22H,10-13H2,1H3,(H,23,25). The van der Waals surface area contributed by atoms with E-state index in [1.54, 1.807) is 0 Å². The molecule has 2 heterocycles. The van der Waals surface area contributed by atoms with E-state index < -0.39 is 0 Å². The Bertz CT molecular complexity index is 874. The summed E-state index contributed by atoms with van der Waals surface area (Å²) < 4.78 is 0. The number of aromatic nitrogens is 1. The molecule has 1 aromatic heterocycles. The van der Waals surface area contributed by atoms with Gasteiger partial charge in [-0.3, -0.25) is 0 Å². The lowest BCUT2D eigenvalue weighted by Crippen LogP contribution is -2.40. The van der Waals surface area contributed by atoms with E-state index in [4.69, 9.17) is 0 Å². The van der Waals surface area contributed by atoms with Crippen molar-refractivity contribution in [2.75, 3.05) is 18.4 Å². The number of fused-ring (bicyclic) bond motifs is 1. The number of hydrogen-bond acceptors (Lipinski definition) is 1. The van der Waals surface area contributed by atoms with Gasteiger partial charge in [0.1, 0.15) is 0 Å². The number of nitrogens with zero attached hydrogens (tertiary/aromatic N) is 1. The zero-order chi connectivity index (χ0) is 17.2. The Morgan fingerprint density at radius 3 is 2.56 bits per heavy atom. The van der Waals surface area contributed by atoms with Gasteiger partial charge >= 0.3 is 6.03 Å². The van der Waals surface area contributed by atoms with Crippen LogP contribution in [0, 0.1) is 6.92 Å². The first kappa shape index (κ1) is 15.8. The first-order chi connectivity index (χ1) is 12.2. The molecule has 2 aromatic carbocycles. The zero-order valence-corrected chi connectivity index (χ0v) is 14.5. The molecule has 2 N–H and O–H groups in total. The van der Waals surface area contributed by atoms with E-state index in [1.165, 1.54) is 22.0 Å². The third-order valence-electron chi connectivity index (χ3n) is 5.15. The van der Waals surface area contributed by atoms with Crippen molar-refractivity contribution in [2.24, 2.45) is 0 Å². The summed E-state index contributed by atoms with van der Waals surface area (Å²) in [7, 11) is 0. The van der Waals surface area contributed by atoms with Crippen LogP contribution >= 0.6 is 0 Å². The van der Waals surface area contributed by atoms with Gasteiger partial charge in [-0.2, -0.15) is 0 Å². The maximum Gasteiger partial charge on any atom is 0.321 e. The van der Waals surface area contributed by atoms with Crippen LogP contribution in [0.25, 0.3) is 10.9 Å². The minimum atomic E-state index is 0.00114. The Morgan fingerprint density at radius 1 is 1.08 bits per heavy atom. The second-order valence-corrected chi connectivity index (χ2v) is 6.85. The number of hydrogen-bond donors (Lipinski definition) is 2. The lowest BCUT2D eigenvalue weighted by Gasteiger charge is -2.32. The lowest BCUT2D eigenvalue weighted by molar-refractivity contribution is 0.195. The number of aromatic amines is 1. The maximum absolute atomic E-state index is 12.5. The molecule has 0 saturated carbocycles. The number of H-pyrrole nitrogens is 1. The lowest BCUT2D eigenvalue weighted by atomic mass is 9.89. The van der Waals surface area contributed by atoms with Crippen molar-refractivity contribution in [2.45, 2.75) is 25.7 Å². The van der Waals surface area contributed by atoms with Gasteiger partial charge in [-0.05, 0) is 49.4 Å². The van der Waals surface area contributed by atoms with E-state index in [0.29, 0.717) is 5.92 Å². The Balaban J connectivity index is 1.39.